The summed E-state index contributed by atoms with van der Waals surface area (Å²) >= 11 is 0. The Balaban J connectivity index is 2.54. The lowest BCUT2D eigenvalue weighted by atomic mass is 9.79. The summed E-state index contributed by atoms with van der Waals surface area (Å²) < 4.78 is 0. The molecule has 0 radical (unpaired) electrons. The zero-order chi connectivity index (χ0) is 14.6. The third-order valence-electron chi connectivity index (χ3n) is 3.95. The number of hydrogen-bond donors (Lipinski definition) is 2. The number of rotatable bonds is 4. The number of amides is 2. The summed E-state index contributed by atoms with van der Waals surface area (Å²) in [5.74, 6) is 0.419. The van der Waals surface area contributed by atoms with Crippen LogP contribution in [0, 0.1) is 17.8 Å². The van der Waals surface area contributed by atoms with E-state index in [0.717, 1.165) is 19.3 Å². The highest BCUT2D eigenvalue weighted by atomic mass is 16.2. The summed E-state index contributed by atoms with van der Waals surface area (Å²) in [7, 11) is 3.38. The van der Waals surface area contributed by atoms with Crippen molar-refractivity contribution in [3.63, 3.8) is 0 Å². The van der Waals surface area contributed by atoms with E-state index >= 15 is 0 Å². The molecule has 2 amide bonds. The highest BCUT2D eigenvalue weighted by Gasteiger charge is 2.31. The molecule has 0 bridgehead atoms. The van der Waals surface area contributed by atoms with Crippen molar-refractivity contribution < 1.29 is 9.59 Å². The summed E-state index contributed by atoms with van der Waals surface area (Å²) in [4.78, 5) is 25.5. The lowest BCUT2D eigenvalue weighted by Gasteiger charge is -2.33. The second kappa shape index (κ2) is 6.89. The molecule has 1 fully saturated rings. The van der Waals surface area contributed by atoms with Crippen LogP contribution in [-0.4, -0.2) is 43.4 Å². The first kappa shape index (κ1) is 16.0. The Morgan fingerprint density at radius 2 is 2.00 bits per heavy atom. The van der Waals surface area contributed by atoms with Crippen LogP contribution >= 0.6 is 0 Å². The van der Waals surface area contributed by atoms with Gasteiger partial charge in [0, 0.05) is 32.6 Å². The lowest BCUT2D eigenvalue weighted by molar-refractivity contribution is -0.137. The first-order valence-electron chi connectivity index (χ1n) is 7.07. The van der Waals surface area contributed by atoms with Gasteiger partial charge >= 0.3 is 0 Å². The predicted molar refractivity (Wildman–Crippen MR) is 75.3 cm³/mol. The summed E-state index contributed by atoms with van der Waals surface area (Å²) in [6.45, 7) is 4.43. The molecule has 0 aromatic rings. The minimum Gasteiger partial charge on any atom is -0.359 e. The summed E-state index contributed by atoms with van der Waals surface area (Å²) in [6, 6.07) is 0.127. The van der Waals surface area contributed by atoms with E-state index in [4.69, 9.17) is 5.73 Å². The van der Waals surface area contributed by atoms with E-state index in [0.29, 0.717) is 12.5 Å². The van der Waals surface area contributed by atoms with Gasteiger partial charge in [-0.2, -0.15) is 0 Å². The van der Waals surface area contributed by atoms with E-state index in [1.807, 2.05) is 6.92 Å². The first-order chi connectivity index (χ1) is 8.85. The molecule has 110 valence electrons. The van der Waals surface area contributed by atoms with E-state index in [2.05, 4.69) is 12.2 Å². The summed E-state index contributed by atoms with van der Waals surface area (Å²) in [5.41, 5.74) is 5.99. The van der Waals surface area contributed by atoms with Crippen molar-refractivity contribution in [1.82, 2.24) is 10.2 Å². The van der Waals surface area contributed by atoms with Gasteiger partial charge in [0.05, 0.1) is 5.92 Å². The van der Waals surface area contributed by atoms with Gasteiger partial charge in [-0.15, -0.1) is 0 Å². The fraction of sp³-hybridized carbons (Fsp3) is 0.857. The average Bonchev–Trinajstić information content (AvgIpc) is 2.35. The van der Waals surface area contributed by atoms with Gasteiger partial charge in [-0.25, -0.2) is 0 Å². The molecule has 1 saturated carbocycles. The Hall–Kier alpha value is -1.10. The molecule has 5 heteroatoms. The number of nitrogens with zero attached hydrogens (tertiary/aromatic N) is 1. The Morgan fingerprint density at radius 1 is 1.37 bits per heavy atom. The van der Waals surface area contributed by atoms with Crippen LogP contribution in [0.4, 0.5) is 0 Å². The largest absolute Gasteiger partial charge is 0.359 e. The molecule has 0 aromatic heterocycles. The van der Waals surface area contributed by atoms with Crippen molar-refractivity contribution in [1.29, 1.82) is 0 Å². The van der Waals surface area contributed by atoms with Crippen molar-refractivity contribution in [2.45, 2.75) is 39.2 Å². The molecule has 1 aliphatic carbocycles. The van der Waals surface area contributed by atoms with Gasteiger partial charge < -0.3 is 16.0 Å². The number of carbonyl (C=O) groups excluding carboxylic acids is 2. The fourth-order valence-electron chi connectivity index (χ4n) is 3.00. The summed E-state index contributed by atoms with van der Waals surface area (Å²) in [5, 5.41) is 2.61. The Bertz CT molecular complexity index is 323. The number of carbonyl (C=O) groups is 2. The van der Waals surface area contributed by atoms with E-state index < -0.39 is 0 Å². The third-order valence-corrected chi connectivity index (χ3v) is 3.95. The Kier molecular flexibility index (Phi) is 5.79. The monoisotopic (exact) mass is 269 g/mol. The van der Waals surface area contributed by atoms with Gasteiger partial charge in [-0.05, 0) is 25.2 Å². The fourth-order valence-corrected chi connectivity index (χ4v) is 3.00. The average molecular weight is 269 g/mol. The van der Waals surface area contributed by atoms with E-state index in [1.165, 1.54) is 0 Å². The topological polar surface area (TPSA) is 75.4 Å². The smallest absolute Gasteiger partial charge is 0.225 e. The van der Waals surface area contributed by atoms with Crippen LogP contribution in [0.1, 0.15) is 33.1 Å². The molecule has 1 aliphatic rings. The maximum absolute atomic E-state index is 12.4. The van der Waals surface area contributed by atoms with Gasteiger partial charge in [-0.1, -0.05) is 13.8 Å². The van der Waals surface area contributed by atoms with Crippen molar-refractivity contribution >= 4 is 11.8 Å². The first-order valence-corrected chi connectivity index (χ1v) is 7.07. The predicted octanol–water partition coefficient (Wildman–Crippen LogP) is 0.590. The van der Waals surface area contributed by atoms with Crippen LogP contribution in [0.3, 0.4) is 0 Å². The van der Waals surface area contributed by atoms with Crippen molar-refractivity contribution in [2.75, 3.05) is 20.6 Å². The molecule has 3 N–H and O–H groups in total. The zero-order valence-corrected chi connectivity index (χ0v) is 12.5. The van der Waals surface area contributed by atoms with Crippen LogP contribution < -0.4 is 11.1 Å². The number of hydrogen-bond acceptors (Lipinski definition) is 3. The highest BCUT2D eigenvalue weighted by Crippen LogP contribution is 2.29. The molecule has 4 atom stereocenters. The lowest BCUT2D eigenvalue weighted by Crippen LogP contribution is -2.43. The van der Waals surface area contributed by atoms with Gasteiger partial charge in [0.15, 0.2) is 0 Å². The van der Waals surface area contributed by atoms with E-state index in [9.17, 15) is 9.59 Å². The van der Waals surface area contributed by atoms with E-state index in [-0.39, 0.29) is 29.7 Å². The molecule has 4 unspecified atom stereocenters. The van der Waals surface area contributed by atoms with Crippen molar-refractivity contribution in [2.24, 2.45) is 23.5 Å². The molecule has 5 nitrogen and oxygen atoms in total. The van der Waals surface area contributed by atoms with Gasteiger partial charge in [0.1, 0.15) is 0 Å². The second-order valence-corrected chi connectivity index (χ2v) is 6.00. The minimum atomic E-state index is -0.186. The quantitative estimate of drug-likeness (QED) is 0.784. The molecule has 0 saturated heterocycles. The zero-order valence-electron chi connectivity index (χ0n) is 12.5. The Labute approximate surface area is 115 Å². The molecule has 19 heavy (non-hydrogen) atoms. The van der Waals surface area contributed by atoms with Crippen LogP contribution in [0.15, 0.2) is 0 Å². The maximum Gasteiger partial charge on any atom is 0.225 e. The summed E-state index contributed by atoms with van der Waals surface area (Å²) in [6.07, 6.45) is 2.68. The number of nitrogens with two attached hydrogens (primary N) is 1. The maximum atomic E-state index is 12.4. The molecule has 0 heterocycles. The van der Waals surface area contributed by atoms with Crippen LogP contribution in [0.5, 0.6) is 0 Å². The third kappa shape index (κ3) is 4.49. The van der Waals surface area contributed by atoms with Crippen molar-refractivity contribution in [3.05, 3.63) is 0 Å². The Morgan fingerprint density at radius 3 is 2.53 bits per heavy atom. The normalized spacial score (nSPS) is 28.6. The number of nitrogens with one attached hydrogen (secondary N) is 1. The van der Waals surface area contributed by atoms with E-state index in [1.54, 1.807) is 19.0 Å². The molecule has 1 rings (SSSR count). The second-order valence-electron chi connectivity index (χ2n) is 6.00. The van der Waals surface area contributed by atoms with Gasteiger partial charge in [-0.3, -0.25) is 9.59 Å². The highest BCUT2D eigenvalue weighted by molar-refractivity contribution is 5.81. The molecular formula is C14H27N3O2. The molecular weight excluding hydrogens is 242 g/mol. The van der Waals surface area contributed by atoms with Crippen LogP contribution in [0.25, 0.3) is 0 Å². The van der Waals surface area contributed by atoms with Crippen LogP contribution in [0.2, 0.25) is 0 Å². The SMILES string of the molecule is CNC(=O)C(C)CN(C)C(=O)C1CC(C)CC(N)C1. The molecule has 0 spiro atoms. The van der Waals surface area contributed by atoms with Crippen LogP contribution in [-0.2, 0) is 9.59 Å². The van der Waals surface area contributed by atoms with Crippen molar-refractivity contribution in [3.8, 4) is 0 Å². The standard InChI is InChI=1S/C14H27N3O2/c1-9-5-11(7-12(15)6-9)14(19)17(4)8-10(2)13(18)16-3/h9-12H,5-8,15H2,1-4H3,(H,16,18). The molecule has 0 aromatic carbocycles. The van der Waals surface area contributed by atoms with Gasteiger partial charge in [0.25, 0.3) is 0 Å². The molecule has 0 aliphatic heterocycles. The van der Waals surface area contributed by atoms with Gasteiger partial charge in [0.2, 0.25) is 11.8 Å². The minimum absolute atomic E-state index is 0.0145.